The van der Waals surface area contributed by atoms with Gasteiger partial charge in [0.2, 0.25) is 0 Å². The molecule has 1 aliphatic rings. The molecule has 0 saturated heterocycles. The lowest BCUT2D eigenvalue weighted by Crippen LogP contribution is -2.48. The number of benzene rings is 2. The third-order valence-electron chi connectivity index (χ3n) is 5.42. The van der Waals surface area contributed by atoms with Crippen LogP contribution in [0.2, 0.25) is 0 Å². The summed E-state index contributed by atoms with van der Waals surface area (Å²) in [6, 6.07) is 13.1. The van der Waals surface area contributed by atoms with Crippen LogP contribution >= 0.6 is 15.9 Å². The van der Waals surface area contributed by atoms with E-state index in [1.165, 1.54) is 0 Å². The van der Waals surface area contributed by atoms with Crippen molar-refractivity contribution >= 4 is 21.6 Å². The van der Waals surface area contributed by atoms with Gasteiger partial charge in [-0.25, -0.2) is 0 Å². The molecule has 146 valence electrons. The third-order valence-corrected chi connectivity index (χ3v) is 6.08. The maximum atomic E-state index is 11.8. The first-order chi connectivity index (χ1) is 13.0. The Kier molecular flexibility index (Phi) is 6.11. The molecule has 0 saturated carbocycles. The Morgan fingerprint density at radius 1 is 1.15 bits per heavy atom. The second-order valence-corrected chi connectivity index (χ2v) is 7.55. The Labute approximate surface area is 169 Å². The summed E-state index contributed by atoms with van der Waals surface area (Å²) in [6.07, 6.45) is -1.11. The van der Waals surface area contributed by atoms with Crippen molar-refractivity contribution in [3.63, 3.8) is 0 Å². The first-order valence-electron chi connectivity index (χ1n) is 9.30. The SMILES string of the molecule is CCN(CC)CCN1c2cccc(Br)c2C(O)(c2ccccc2OC)C1O. The molecular formula is C21H27BrN2O3. The minimum absolute atomic E-state index is 0.548. The molecule has 0 fully saturated rings. The molecule has 2 N–H and O–H groups in total. The number of anilines is 1. The van der Waals surface area contributed by atoms with E-state index in [1.54, 1.807) is 19.2 Å². The predicted molar refractivity (Wildman–Crippen MR) is 111 cm³/mol. The second kappa shape index (κ2) is 8.19. The molecule has 1 heterocycles. The molecule has 2 unspecified atom stereocenters. The molecule has 0 aliphatic carbocycles. The van der Waals surface area contributed by atoms with Crippen molar-refractivity contribution in [3.8, 4) is 5.75 Å². The van der Waals surface area contributed by atoms with E-state index in [0.717, 1.165) is 29.8 Å². The van der Waals surface area contributed by atoms with E-state index in [9.17, 15) is 10.2 Å². The molecule has 0 spiro atoms. The summed E-state index contributed by atoms with van der Waals surface area (Å²) in [5, 5.41) is 23.1. The van der Waals surface area contributed by atoms with Crippen molar-refractivity contribution in [1.82, 2.24) is 4.90 Å². The van der Waals surface area contributed by atoms with Crippen molar-refractivity contribution < 1.29 is 14.9 Å². The summed E-state index contributed by atoms with van der Waals surface area (Å²) in [5.74, 6) is 0.548. The van der Waals surface area contributed by atoms with Crippen LogP contribution in [0.1, 0.15) is 25.0 Å². The fraction of sp³-hybridized carbons (Fsp3) is 0.429. The van der Waals surface area contributed by atoms with Gasteiger partial charge in [0, 0.05) is 34.4 Å². The van der Waals surface area contributed by atoms with E-state index in [2.05, 4.69) is 34.7 Å². The van der Waals surface area contributed by atoms with Crippen molar-refractivity contribution in [2.24, 2.45) is 0 Å². The lowest BCUT2D eigenvalue weighted by atomic mass is 9.86. The number of para-hydroxylation sites is 1. The average Bonchev–Trinajstić information content (AvgIpc) is 2.92. The Hall–Kier alpha value is -1.60. The van der Waals surface area contributed by atoms with E-state index in [-0.39, 0.29) is 0 Å². The van der Waals surface area contributed by atoms with Gasteiger partial charge in [0.1, 0.15) is 5.75 Å². The second-order valence-electron chi connectivity index (χ2n) is 6.69. The average molecular weight is 435 g/mol. The van der Waals surface area contributed by atoms with E-state index >= 15 is 0 Å². The first-order valence-corrected chi connectivity index (χ1v) is 10.1. The minimum atomic E-state index is -1.59. The highest BCUT2D eigenvalue weighted by atomic mass is 79.9. The molecule has 27 heavy (non-hydrogen) atoms. The van der Waals surface area contributed by atoms with Crippen LogP contribution < -0.4 is 9.64 Å². The Morgan fingerprint density at radius 2 is 1.85 bits per heavy atom. The molecule has 2 aromatic rings. The lowest BCUT2D eigenvalue weighted by molar-refractivity contribution is -0.0404. The normalized spacial score (nSPS) is 21.6. The Balaban J connectivity index is 2.09. The monoisotopic (exact) mass is 434 g/mol. The Morgan fingerprint density at radius 3 is 2.52 bits per heavy atom. The number of fused-ring (bicyclic) bond motifs is 1. The molecule has 1 aliphatic heterocycles. The molecule has 0 aromatic heterocycles. The standard InChI is InChI=1S/C21H27BrN2O3/c1-4-23(5-2)13-14-24-17-11-8-10-16(22)19(17)21(26,20(24)25)15-9-6-7-12-18(15)27-3/h6-12,20,25-26H,4-5,13-14H2,1-3H3. The third kappa shape index (κ3) is 3.36. The number of nitrogens with zero attached hydrogens (tertiary/aromatic N) is 2. The highest BCUT2D eigenvalue weighted by Gasteiger charge is 2.53. The molecule has 3 rings (SSSR count). The highest BCUT2D eigenvalue weighted by Crippen LogP contribution is 2.51. The molecule has 0 amide bonds. The van der Waals surface area contributed by atoms with Gasteiger partial charge < -0.3 is 24.7 Å². The molecule has 6 heteroatoms. The zero-order chi connectivity index (χ0) is 19.6. The number of rotatable bonds is 7. The highest BCUT2D eigenvalue weighted by molar-refractivity contribution is 9.10. The zero-order valence-corrected chi connectivity index (χ0v) is 17.6. The van der Waals surface area contributed by atoms with Crippen LogP contribution in [-0.2, 0) is 5.60 Å². The number of halogens is 1. The number of ether oxygens (including phenoxy) is 1. The summed E-state index contributed by atoms with van der Waals surface area (Å²) in [5.41, 5.74) is 0.461. The van der Waals surface area contributed by atoms with Crippen molar-refractivity contribution in [3.05, 3.63) is 58.1 Å². The van der Waals surface area contributed by atoms with Gasteiger partial charge in [-0.3, -0.25) is 0 Å². The van der Waals surface area contributed by atoms with Gasteiger partial charge in [0.05, 0.1) is 7.11 Å². The van der Waals surface area contributed by atoms with E-state index < -0.39 is 11.8 Å². The summed E-state index contributed by atoms with van der Waals surface area (Å²) >= 11 is 3.58. The molecule has 2 aromatic carbocycles. The summed E-state index contributed by atoms with van der Waals surface area (Å²) < 4.78 is 6.24. The topological polar surface area (TPSA) is 56.2 Å². The smallest absolute Gasteiger partial charge is 0.166 e. The number of aliphatic hydroxyl groups excluding tert-OH is 1. The van der Waals surface area contributed by atoms with Crippen LogP contribution in [0.15, 0.2) is 46.9 Å². The number of hydrogen-bond donors (Lipinski definition) is 2. The van der Waals surface area contributed by atoms with Crippen LogP contribution in [-0.4, -0.2) is 54.6 Å². The van der Waals surface area contributed by atoms with Gasteiger partial charge in [-0.2, -0.15) is 0 Å². The molecule has 0 radical (unpaired) electrons. The van der Waals surface area contributed by atoms with Crippen LogP contribution in [0, 0.1) is 0 Å². The quantitative estimate of drug-likeness (QED) is 0.700. The van der Waals surface area contributed by atoms with Gasteiger partial charge in [-0.15, -0.1) is 0 Å². The molecule has 2 atom stereocenters. The van der Waals surface area contributed by atoms with Gasteiger partial charge in [0.15, 0.2) is 11.8 Å². The van der Waals surface area contributed by atoms with Crippen molar-refractivity contribution in [2.75, 3.05) is 38.2 Å². The number of likely N-dealkylation sites (N-methyl/N-ethyl adjacent to an activating group) is 1. The van der Waals surface area contributed by atoms with Crippen LogP contribution in [0.3, 0.4) is 0 Å². The molecule has 5 nitrogen and oxygen atoms in total. The maximum absolute atomic E-state index is 11.8. The van der Waals surface area contributed by atoms with Gasteiger partial charge in [0.25, 0.3) is 0 Å². The lowest BCUT2D eigenvalue weighted by Gasteiger charge is -2.34. The first kappa shape index (κ1) is 20.1. The van der Waals surface area contributed by atoms with Crippen LogP contribution in [0.5, 0.6) is 5.75 Å². The predicted octanol–water partition coefficient (Wildman–Crippen LogP) is 3.17. The van der Waals surface area contributed by atoms with Crippen molar-refractivity contribution in [1.29, 1.82) is 0 Å². The Bertz CT molecular complexity index is 797. The van der Waals surface area contributed by atoms with Gasteiger partial charge >= 0.3 is 0 Å². The van der Waals surface area contributed by atoms with E-state index in [0.29, 0.717) is 23.4 Å². The largest absolute Gasteiger partial charge is 0.496 e. The number of aliphatic hydroxyl groups is 2. The van der Waals surface area contributed by atoms with Crippen LogP contribution in [0.25, 0.3) is 0 Å². The maximum Gasteiger partial charge on any atom is 0.166 e. The summed E-state index contributed by atoms with van der Waals surface area (Å²) in [6.45, 7) is 7.56. The van der Waals surface area contributed by atoms with Crippen molar-refractivity contribution in [2.45, 2.75) is 25.7 Å². The fourth-order valence-corrected chi connectivity index (χ4v) is 4.54. The molecule has 0 bridgehead atoms. The summed E-state index contributed by atoms with van der Waals surface area (Å²) in [7, 11) is 1.57. The summed E-state index contributed by atoms with van der Waals surface area (Å²) in [4.78, 5) is 4.18. The van der Waals surface area contributed by atoms with Gasteiger partial charge in [-0.1, -0.05) is 54.0 Å². The fourth-order valence-electron chi connectivity index (χ4n) is 3.88. The van der Waals surface area contributed by atoms with Gasteiger partial charge in [-0.05, 0) is 31.3 Å². The minimum Gasteiger partial charge on any atom is -0.496 e. The molecular weight excluding hydrogens is 408 g/mol. The van der Waals surface area contributed by atoms with E-state index in [1.807, 2.05) is 35.2 Å². The zero-order valence-electron chi connectivity index (χ0n) is 16.0. The van der Waals surface area contributed by atoms with E-state index in [4.69, 9.17) is 4.74 Å². The number of hydrogen-bond acceptors (Lipinski definition) is 5. The number of methoxy groups -OCH3 is 1. The van der Waals surface area contributed by atoms with Crippen LogP contribution in [0.4, 0.5) is 5.69 Å².